The van der Waals surface area contributed by atoms with Crippen LogP contribution in [0.3, 0.4) is 0 Å². The number of hydrogen-bond acceptors (Lipinski definition) is 2. The van der Waals surface area contributed by atoms with Crippen LogP contribution in [0.1, 0.15) is 11.1 Å². The molecule has 0 saturated carbocycles. The van der Waals surface area contributed by atoms with Crippen LogP contribution in [-0.2, 0) is 17.8 Å². The fourth-order valence-corrected chi connectivity index (χ4v) is 3.86. The second kappa shape index (κ2) is 10.1. The van der Waals surface area contributed by atoms with Crippen molar-refractivity contribution in [3.05, 3.63) is 102 Å². The van der Waals surface area contributed by atoms with Gasteiger partial charge in [-0.1, -0.05) is 60.7 Å². The van der Waals surface area contributed by atoms with E-state index in [2.05, 4.69) is 12.1 Å². The molecule has 3 aromatic rings. The first-order chi connectivity index (χ1) is 15.6. The number of nitrogens with zero attached hydrogens (tertiary/aromatic N) is 3. The molecule has 0 bridgehead atoms. The van der Waals surface area contributed by atoms with E-state index < -0.39 is 0 Å². The molecule has 6 heteroatoms. The van der Waals surface area contributed by atoms with Crippen LogP contribution in [-0.4, -0.2) is 47.9 Å². The molecule has 0 aromatic heterocycles. The number of rotatable bonds is 8. The van der Waals surface area contributed by atoms with Crippen LogP contribution < -0.4 is 4.90 Å². The van der Waals surface area contributed by atoms with Crippen molar-refractivity contribution in [2.75, 3.05) is 31.1 Å². The summed E-state index contributed by atoms with van der Waals surface area (Å²) in [4.78, 5) is 31.1. The fourth-order valence-electron chi connectivity index (χ4n) is 3.86. The highest BCUT2D eigenvalue weighted by atomic mass is 19.1. The van der Waals surface area contributed by atoms with Gasteiger partial charge in [-0.15, -0.1) is 0 Å². The maximum atomic E-state index is 13.2. The molecule has 5 nitrogen and oxygen atoms in total. The normalized spacial score (nSPS) is 13.5. The monoisotopic (exact) mass is 431 g/mol. The first-order valence-corrected chi connectivity index (χ1v) is 10.8. The van der Waals surface area contributed by atoms with E-state index in [1.54, 1.807) is 21.9 Å². The lowest BCUT2D eigenvalue weighted by Gasteiger charge is -2.26. The molecule has 4 rings (SSSR count). The van der Waals surface area contributed by atoms with Crippen LogP contribution in [0.2, 0.25) is 0 Å². The highest BCUT2D eigenvalue weighted by Crippen LogP contribution is 2.21. The van der Waals surface area contributed by atoms with Gasteiger partial charge in [-0.3, -0.25) is 9.69 Å². The molecule has 1 heterocycles. The quantitative estimate of drug-likeness (QED) is 0.533. The molecule has 0 radical (unpaired) electrons. The maximum Gasteiger partial charge on any atom is 0.325 e. The Morgan fingerprint density at radius 3 is 2.12 bits per heavy atom. The third-order valence-electron chi connectivity index (χ3n) is 5.64. The SMILES string of the molecule is O=C(CN1CCN(c2ccc(F)cc2)C1=O)N(CCc1ccccc1)Cc1ccccc1. The van der Waals surface area contributed by atoms with Gasteiger partial charge in [0.15, 0.2) is 0 Å². The van der Waals surface area contributed by atoms with Crippen molar-refractivity contribution in [1.29, 1.82) is 0 Å². The number of amides is 3. The van der Waals surface area contributed by atoms with Crippen molar-refractivity contribution in [2.45, 2.75) is 13.0 Å². The van der Waals surface area contributed by atoms with Crippen LogP contribution in [0.25, 0.3) is 0 Å². The molecule has 0 N–H and O–H groups in total. The van der Waals surface area contributed by atoms with Crippen LogP contribution >= 0.6 is 0 Å². The summed E-state index contributed by atoms with van der Waals surface area (Å²) in [5, 5.41) is 0. The Labute approximate surface area is 187 Å². The Balaban J connectivity index is 1.43. The minimum atomic E-state index is -0.345. The van der Waals surface area contributed by atoms with Gasteiger partial charge in [-0.05, 0) is 41.8 Å². The number of carbonyl (C=O) groups excluding carboxylic acids is 2. The van der Waals surface area contributed by atoms with Crippen molar-refractivity contribution in [3.63, 3.8) is 0 Å². The molecule has 1 aliphatic heterocycles. The van der Waals surface area contributed by atoms with E-state index in [0.717, 1.165) is 17.5 Å². The van der Waals surface area contributed by atoms with E-state index >= 15 is 0 Å². The summed E-state index contributed by atoms with van der Waals surface area (Å²) in [7, 11) is 0. The van der Waals surface area contributed by atoms with Crippen LogP contribution in [0.15, 0.2) is 84.9 Å². The van der Waals surface area contributed by atoms with Crippen molar-refractivity contribution in [3.8, 4) is 0 Å². The molecule has 0 atom stereocenters. The number of urea groups is 1. The van der Waals surface area contributed by atoms with E-state index in [4.69, 9.17) is 0 Å². The van der Waals surface area contributed by atoms with Gasteiger partial charge in [0.2, 0.25) is 5.91 Å². The highest BCUT2D eigenvalue weighted by molar-refractivity contribution is 5.96. The molecule has 32 heavy (non-hydrogen) atoms. The van der Waals surface area contributed by atoms with Crippen molar-refractivity contribution < 1.29 is 14.0 Å². The second-order valence-corrected chi connectivity index (χ2v) is 7.87. The van der Waals surface area contributed by atoms with Crippen LogP contribution in [0.4, 0.5) is 14.9 Å². The van der Waals surface area contributed by atoms with Gasteiger partial charge in [0.05, 0.1) is 0 Å². The average molecular weight is 432 g/mol. The molecule has 3 amide bonds. The molecule has 1 saturated heterocycles. The van der Waals surface area contributed by atoms with E-state index in [1.165, 1.54) is 12.1 Å². The van der Waals surface area contributed by atoms with Gasteiger partial charge in [0.1, 0.15) is 12.4 Å². The van der Waals surface area contributed by atoms with E-state index in [-0.39, 0.29) is 24.3 Å². The second-order valence-electron chi connectivity index (χ2n) is 7.87. The van der Waals surface area contributed by atoms with Gasteiger partial charge < -0.3 is 9.80 Å². The topological polar surface area (TPSA) is 43.9 Å². The molecule has 0 aliphatic carbocycles. The van der Waals surface area contributed by atoms with Gasteiger partial charge >= 0.3 is 6.03 Å². The summed E-state index contributed by atoms with van der Waals surface area (Å²) in [6.45, 7) is 2.02. The lowest BCUT2D eigenvalue weighted by molar-refractivity contribution is -0.132. The average Bonchev–Trinajstić information content (AvgIpc) is 3.18. The largest absolute Gasteiger partial charge is 0.337 e. The fraction of sp³-hybridized carbons (Fsp3) is 0.231. The Morgan fingerprint density at radius 2 is 1.47 bits per heavy atom. The van der Waals surface area contributed by atoms with Gasteiger partial charge in [-0.2, -0.15) is 0 Å². The third-order valence-corrected chi connectivity index (χ3v) is 5.64. The van der Waals surface area contributed by atoms with E-state index in [9.17, 15) is 14.0 Å². The number of hydrogen-bond donors (Lipinski definition) is 0. The lowest BCUT2D eigenvalue weighted by atomic mass is 10.1. The summed E-state index contributed by atoms with van der Waals surface area (Å²) in [6.07, 6.45) is 0.745. The summed E-state index contributed by atoms with van der Waals surface area (Å²) >= 11 is 0. The lowest BCUT2D eigenvalue weighted by Crippen LogP contribution is -2.42. The minimum Gasteiger partial charge on any atom is -0.337 e. The van der Waals surface area contributed by atoms with Crippen molar-refractivity contribution in [1.82, 2.24) is 9.80 Å². The molecular formula is C26H26FN3O2. The molecular weight excluding hydrogens is 405 g/mol. The summed E-state index contributed by atoms with van der Waals surface area (Å²) in [6, 6.07) is 25.5. The summed E-state index contributed by atoms with van der Waals surface area (Å²) in [5.74, 6) is -0.429. The van der Waals surface area contributed by atoms with Gasteiger partial charge in [0.25, 0.3) is 0 Å². The van der Waals surface area contributed by atoms with Crippen LogP contribution in [0.5, 0.6) is 0 Å². The summed E-state index contributed by atoms with van der Waals surface area (Å²) < 4.78 is 13.2. The first kappa shape index (κ1) is 21.6. The molecule has 1 fully saturated rings. The predicted molar refractivity (Wildman–Crippen MR) is 123 cm³/mol. The Hall–Kier alpha value is -3.67. The zero-order chi connectivity index (χ0) is 22.3. The third kappa shape index (κ3) is 5.32. The van der Waals surface area contributed by atoms with Crippen molar-refractivity contribution >= 4 is 17.6 Å². The molecule has 0 spiro atoms. The first-order valence-electron chi connectivity index (χ1n) is 10.8. The Kier molecular flexibility index (Phi) is 6.80. The zero-order valence-electron chi connectivity index (χ0n) is 17.9. The van der Waals surface area contributed by atoms with Gasteiger partial charge in [-0.25, -0.2) is 9.18 Å². The molecule has 3 aromatic carbocycles. The van der Waals surface area contributed by atoms with E-state index in [1.807, 2.05) is 53.4 Å². The van der Waals surface area contributed by atoms with Crippen molar-refractivity contribution in [2.24, 2.45) is 0 Å². The highest BCUT2D eigenvalue weighted by Gasteiger charge is 2.32. The number of anilines is 1. The molecule has 0 unspecified atom stereocenters. The maximum absolute atomic E-state index is 13.2. The van der Waals surface area contributed by atoms with E-state index in [0.29, 0.717) is 31.9 Å². The number of carbonyl (C=O) groups is 2. The molecule has 1 aliphatic rings. The van der Waals surface area contributed by atoms with Gasteiger partial charge in [0, 0.05) is 31.9 Å². The smallest absolute Gasteiger partial charge is 0.325 e. The standard InChI is InChI=1S/C26H26FN3O2/c27-23-11-13-24(14-12-23)30-18-17-29(26(30)32)20-25(31)28(19-22-9-5-2-6-10-22)16-15-21-7-3-1-4-8-21/h1-14H,15-20H2. The number of benzene rings is 3. The summed E-state index contributed by atoms with van der Waals surface area (Å²) in [5.41, 5.74) is 2.85. The van der Waals surface area contributed by atoms with Crippen LogP contribution in [0, 0.1) is 5.82 Å². The Bertz CT molecular complexity index is 1040. The predicted octanol–water partition coefficient (Wildman–Crippen LogP) is 4.34. The minimum absolute atomic E-state index is 0.0259. The number of halogens is 1. The zero-order valence-corrected chi connectivity index (χ0v) is 17.9. The Morgan fingerprint density at radius 1 is 0.844 bits per heavy atom. The molecule has 164 valence electrons.